The SMILES string of the molecule is COC(=O)/C=C/c1ccc(OCc2c(-c3ccc(Cl)cc3)nsc2CF)cc1C(F)F. The summed E-state index contributed by atoms with van der Waals surface area (Å²) in [7, 11) is 1.20. The van der Waals surface area contributed by atoms with Crippen LogP contribution in [0.1, 0.15) is 28.0 Å². The highest BCUT2D eigenvalue weighted by atomic mass is 35.5. The second kappa shape index (κ2) is 10.5. The monoisotopic (exact) mass is 467 g/mol. The van der Waals surface area contributed by atoms with Crippen molar-refractivity contribution in [3.63, 3.8) is 0 Å². The minimum Gasteiger partial charge on any atom is -0.489 e. The molecule has 0 aliphatic heterocycles. The summed E-state index contributed by atoms with van der Waals surface area (Å²) in [6, 6.07) is 11.0. The Balaban J connectivity index is 1.85. The third-order valence-corrected chi connectivity index (χ3v) is 5.49. The fourth-order valence-electron chi connectivity index (χ4n) is 2.80. The predicted octanol–water partition coefficient (Wildman–Crippen LogP) is 6.64. The van der Waals surface area contributed by atoms with Crippen LogP contribution in [0.25, 0.3) is 17.3 Å². The second-order valence-corrected chi connectivity index (χ2v) is 7.60. The van der Waals surface area contributed by atoms with Crippen LogP contribution in [-0.2, 0) is 22.8 Å². The van der Waals surface area contributed by atoms with E-state index in [9.17, 15) is 18.0 Å². The van der Waals surface area contributed by atoms with E-state index in [4.69, 9.17) is 16.3 Å². The van der Waals surface area contributed by atoms with Gasteiger partial charge in [0.15, 0.2) is 0 Å². The molecule has 0 bridgehead atoms. The Morgan fingerprint density at radius 2 is 1.97 bits per heavy atom. The number of methoxy groups -OCH3 is 1. The Morgan fingerprint density at radius 1 is 1.23 bits per heavy atom. The van der Waals surface area contributed by atoms with Gasteiger partial charge in [-0.2, -0.15) is 4.37 Å². The number of hydrogen-bond donors (Lipinski definition) is 0. The number of esters is 1. The Labute approximate surface area is 186 Å². The Hall–Kier alpha value is -2.84. The van der Waals surface area contributed by atoms with Gasteiger partial charge in [0, 0.05) is 27.8 Å². The van der Waals surface area contributed by atoms with Gasteiger partial charge in [-0.25, -0.2) is 18.0 Å². The highest BCUT2D eigenvalue weighted by Crippen LogP contribution is 2.32. The number of halogens is 4. The standard InChI is InChI=1S/C22H17ClF3NO3S/c1-29-20(28)9-5-13-4-8-16(10-17(13)22(25)26)30-12-18-19(11-24)31-27-21(18)14-2-6-15(23)7-3-14/h2-10,22H,11-12H2,1H3/b9-5+. The van der Waals surface area contributed by atoms with Gasteiger partial charge in [-0.05, 0) is 47.4 Å². The summed E-state index contributed by atoms with van der Waals surface area (Å²) in [5.41, 5.74) is 1.71. The molecule has 0 saturated heterocycles. The maximum Gasteiger partial charge on any atom is 0.330 e. The van der Waals surface area contributed by atoms with Crippen LogP contribution in [-0.4, -0.2) is 17.5 Å². The molecule has 0 spiro atoms. The summed E-state index contributed by atoms with van der Waals surface area (Å²) in [6.07, 6.45) is -0.473. The molecule has 31 heavy (non-hydrogen) atoms. The summed E-state index contributed by atoms with van der Waals surface area (Å²) in [5.74, 6) is -0.470. The van der Waals surface area contributed by atoms with Crippen molar-refractivity contribution in [2.24, 2.45) is 0 Å². The summed E-state index contributed by atoms with van der Waals surface area (Å²) < 4.78 is 54.9. The van der Waals surface area contributed by atoms with Crippen LogP contribution in [0, 0.1) is 0 Å². The Kier molecular flexibility index (Phi) is 7.70. The fraction of sp³-hybridized carbons (Fsp3) is 0.182. The van der Waals surface area contributed by atoms with Crippen molar-refractivity contribution >= 4 is 35.2 Å². The van der Waals surface area contributed by atoms with Crippen molar-refractivity contribution in [2.75, 3.05) is 7.11 Å². The predicted molar refractivity (Wildman–Crippen MR) is 114 cm³/mol. The molecule has 0 amide bonds. The van der Waals surface area contributed by atoms with Gasteiger partial charge in [0.1, 0.15) is 19.0 Å². The van der Waals surface area contributed by atoms with E-state index < -0.39 is 19.1 Å². The highest BCUT2D eigenvalue weighted by Gasteiger charge is 2.18. The van der Waals surface area contributed by atoms with Crippen LogP contribution in [0.5, 0.6) is 5.75 Å². The molecule has 0 aliphatic carbocycles. The summed E-state index contributed by atoms with van der Waals surface area (Å²) in [4.78, 5) is 11.6. The molecule has 0 saturated carbocycles. The molecule has 1 heterocycles. The summed E-state index contributed by atoms with van der Waals surface area (Å²) in [5, 5.41) is 0.559. The Bertz CT molecular complexity index is 1080. The van der Waals surface area contributed by atoms with Crippen molar-refractivity contribution in [3.05, 3.63) is 75.1 Å². The normalized spacial score (nSPS) is 11.3. The number of ether oxygens (including phenoxy) is 2. The number of carbonyl (C=O) groups is 1. The first-order chi connectivity index (χ1) is 14.9. The third kappa shape index (κ3) is 5.65. The smallest absolute Gasteiger partial charge is 0.330 e. The zero-order chi connectivity index (χ0) is 22.4. The van der Waals surface area contributed by atoms with Crippen molar-refractivity contribution in [1.82, 2.24) is 4.37 Å². The summed E-state index contributed by atoms with van der Waals surface area (Å²) in [6.45, 7) is -0.767. The molecule has 1 aromatic heterocycles. The molecule has 0 fully saturated rings. The molecule has 9 heteroatoms. The molecule has 4 nitrogen and oxygen atoms in total. The maximum absolute atomic E-state index is 13.5. The van der Waals surface area contributed by atoms with Crippen LogP contribution in [0.4, 0.5) is 13.2 Å². The van der Waals surface area contributed by atoms with Gasteiger partial charge in [0.2, 0.25) is 0 Å². The van der Waals surface area contributed by atoms with Crippen molar-refractivity contribution in [1.29, 1.82) is 0 Å². The molecule has 0 atom stereocenters. The zero-order valence-electron chi connectivity index (χ0n) is 16.3. The molecule has 3 aromatic rings. The number of nitrogens with zero attached hydrogens (tertiary/aromatic N) is 1. The maximum atomic E-state index is 13.5. The largest absolute Gasteiger partial charge is 0.489 e. The van der Waals surface area contributed by atoms with Gasteiger partial charge >= 0.3 is 5.97 Å². The lowest BCUT2D eigenvalue weighted by atomic mass is 10.1. The van der Waals surface area contributed by atoms with Crippen molar-refractivity contribution in [3.8, 4) is 17.0 Å². The van der Waals surface area contributed by atoms with Gasteiger partial charge in [0.05, 0.1) is 17.7 Å². The van der Waals surface area contributed by atoms with Gasteiger partial charge in [-0.1, -0.05) is 29.8 Å². The average molecular weight is 468 g/mol. The van der Waals surface area contributed by atoms with Crippen LogP contribution < -0.4 is 4.74 Å². The van der Waals surface area contributed by atoms with E-state index in [1.165, 1.54) is 31.4 Å². The zero-order valence-corrected chi connectivity index (χ0v) is 17.9. The molecular weight excluding hydrogens is 451 g/mol. The molecule has 0 radical (unpaired) electrons. The molecule has 0 N–H and O–H groups in total. The lowest BCUT2D eigenvalue weighted by Crippen LogP contribution is -2.00. The van der Waals surface area contributed by atoms with E-state index in [2.05, 4.69) is 9.11 Å². The fourth-order valence-corrected chi connectivity index (χ4v) is 3.65. The van der Waals surface area contributed by atoms with E-state index >= 15 is 0 Å². The van der Waals surface area contributed by atoms with Crippen LogP contribution in [0.3, 0.4) is 0 Å². The van der Waals surface area contributed by atoms with Crippen LogP contribution >= 0.6 is 23.1 Å². The van der Waals surface area contributed by atoms with E-state index in [1.54, 1.807) is 24.3 Å². The average Bonchev–Trinajstić information content (AvgIpc) is 3.19. The van der Waals surface area contributed by atoms with E-state index in [-0.39, 0.29) is 23.5 Å². The first kappa shape index (κ1) is 22.8. The van der Waals surface area contributed by atoms with Crippen molar-refractivity contribution < 1.29 is 27.4 Å². The van der Waals surface area contributed by atoms with Gasteiger partial charge < -0.3 is 9.47 Å². The van der Waals surface area contributed by atoms with E-state index in [0.29, 0.717) is 21.2 Å². The topological polar surface area (TPSA) is 48.4 Å². The quantitative estimate of drug-likeness (QED) is 0.275. The van der Waals surface area contributed by atoms with E-state index in [1.807, 2.05) is 0 Å². The molecular formula is C22H17ClF3NO3S. The van der Waals surface area contributed by atoms with Gasteiger partial charge in [-0.3, -0.25) is 0 Å². The molecule has 0 aliphatic rings. The lowest BCUT2D eigenvalue weighted by molar-refractivity contribution is -0.134. The Morgan fingerprint density at radius 3 is 2.61 bits per heavy atom. The lowest BCUT2D eigenvalue weighted by Gasteiger charge is -2.11. The number of rotatable bonds is 8. The number of alkyl halides is 3. The molecule has 0 unspecified atom stereocenters. The molecule has 3 rings (SSSR count). The minimum absolute atomic E-state index is 0.0479. The first-order valence-corrected chi connectivity index (χ1v) is 10.2. The van der Waals surface area contributed by atoms with Gasteiger partial charge in [0.25, 0.3) is 6.43 Å². The number of carbonyl (C=O) groups excluding carboxylic acids is 1. The van der Waals surface area contributed by atoms with Crippen molar-refractivity contribution in [2.45, 2.75) is 19.7 Å². The summed E-state index contributed by atoms with van der Waals surface area (Å²) >= 11 is 6.94. The second-order valence-electron chi connectivity index (χ2n) is 6.31. The van der Waals surface area contributed by atoms with Gasteiger partial charge in [-0.15, -0.1) is 0 Å². The number of hydrogen-bond acceptors (Lipinski definition) is 5. The van der Waals surface area contributed by atoms with Crippen LogP contribution in [0.2, 0.25) is 5.02 Å². The highest BCUT2D eigenvalue weighted by molar-refractivity contribution is 7.06. The molecule has 162 valence electrons. The first-order valence-electron chi connectivity index (χ1n) is 9.03. The number of aromatic nitrogens is 1. The number of benzene rings is 2. The minimum atomic E-state index is -2.78. The third-order valence-electron chi connectivity index (χ3n) is 4.39. The molecule has 2 aromatic carbocycles. The van der Waals surface area contributed by atoms with E-state index in [0.717, 1.165) is 23.2 Å². The van der Waals surface area contributed by atoms with Crippen LogP contribution in [0.15, 0.2) is 48.5 Å².